The molecule has 192 valence electrons. The van der Waals surface area contributed by atoms with Crippen LogP contribution in [0.25, 0.3) is 0 Å². The highest BCUT2D eigenvalue weighted by Crippen LogP contribution is 2.52. The van der Waals surface area contributed by atoms with Gasteiger partial charge in [0.1, 0.15) is 5.78 Å². The molecule has 2 aliphatic rings. The highest BCUT2D eigenvalue weighted by Gasteiger charge is 2.55. The minimum atomic E-state index is -0.214. The first-order valence-corrected chi connectivity index (χ1v) is 13.7. The van der Waals surface area contributed by atoms with E-state index < -0.39 is 0 Å². The Hall–Kier alpha value is -3.53. The van der Waals surface area contributed by atoms with E-state index in [0.29, 0.717) is 5.78 Å². The van der Waals surface area contributed by atoms with Gasteiger partial charge in [0.05, 0.1) is 11.8 Å². The quantitative estimate of drug-likeness (QED) is 0.311. The molecule has 3 heteroatoms. The Balaban J connectivity index is 1.51. The highest BCUT2D eigenvalue weighted by molar-refractivity contribution is 5.89. The summed E-state index contributed by atoms with van der Waals surface area (Å²) in [7, 11) is 0. The summed E-state index contributed by atoms with van der Waals surface area (Å²) < 4.78 is 0. The summed E-state index contributed by atoms with van der Waals surface area (Å²) in [5.41, 5.74) is 9.55. The first-order valence-electron chi connectivity index (χ1n) is 13.7. The molecular formula is C35H36N2O. The normalized spacial score (nSPS) is 26.8. The van der Waals surface area contributed by atoms with Gasteiger partial charge in [0.25, 0.3) is 0 Å². The SMILES string of the molecule is Cc1ccc([C@H]2N[C@@H](c3ccc(C)cc3)C3C(=O)C2[C@H](c2ccc(C)cc2)N[C@@H]3c2ccc(C)cc2)cc1. The molecule has 0 aliphatic carbocycles. The van der Waals surface area contributed by atoms with E-state index in [1.165, 1.54) is 22.3 Å². The molecule has 2 saturated heterocycles. The van der Waals surface area contributed by atoms with Crippen LogP contribution < -0.4 is 10.6 Å². The third-order valence-electron chi connectivity index (χ3n) is 8.56. The van der Waals surface area contributed by atoms with E-state index in [0.717, 1.165) is 22.3 Å². The molecule has 2 N–H and O–H groups in total. The lowest BCUT2D eigenvalue weighted by Gasteiger charge is -2.52. The van der Waals surface area contributed by atoms with Gasteiger partial charge in [-0.15, -0.1) is 0 Å². The molecule has 0 amide bonds. The van der Waals surface area contributed by atoms with Gasteiger partial charge in [-0.2, -0.15) is 0 Å². The second kappa shape index (κ2) is 9.98. The number of piperidine rings is 2. The molecule has 4 aromatic rings. The number of rotatable bonds is 4. The Morgan fingerprint density at radius 3 is 0.816 bits per heavy atom. The smallest absolute Gasteiger partial charge is 0.146 e. The molecule has 0 saturated carbocycles. The van der Waals surface area contributed by atoms with E-state index >= 15 is 0 Å². The third-order valence-corrected chi connectivity index (χ3v) is 8.56. The number of ketones is 1. The fourth-order valence-electron chi connectivity index (χ4n) is 6.38. The Labute approximate surface area is 226 Å². The number of hydrogen-bond donors (Lipinski definition) is 2. The zero-order valence-corrected chi connectivity index (χ0v) is 22.6. The molecule has 2 fully saturated rings. The van der Waals surface area contributed by atoms with Gasteiger partial charge in [0.15, 0.2) is 0 Å². The average Bonchev–Trinajstić information content (AvgIpc) is 2.91. The van der Waals surface area contributed by atoms with E-state index in [1.807, 2.05) is 0 Å². The van der Waals surface area contributed by atoms with Crippen molar-refractivity contribution in [1.29, 1.82) is 0 Å². The lowest BCUT2D eigenvalue weighted by molar-refractivity contribution is -0.139. The first-order chi connectivity index (χ1) is 18.4. The van der Waals surface area contributed by atoms with Crippen molar-refractivity contribution in [3.05, 3.63) is 142 Å². The lowest BCUT2D eigenvalue weighted by atomic mass is 9.64. The molecule has 6 atom stereocenters. The zero-order chi connectivity index (χ0) is 26.4. The van der Waals surface area contributed by atoms with Crippen molar-refractivity contribution in [3.8, 4) is 0 Å². The summed E-state index contributed by atoms with van der Waals surface area (Å²) in [6.45, 7) is 8.44. The van der Waals surface area contributed by atoms with Crippen molar-refractivity contribution in [1.82, 2.24) is 10.6 Å². The van der Waals surface area contributed by atoms with Crippen LogP contribution in [0.4, 0.5) is 0 Å². The standard InChI is InChI=1S/C35H36N2O/c1-21-5-13-25(14-6-21)31-29-32(26-15-7-22(2)8-16-26)37-34(28-19-11-24(4)12-20-28)30(35(29)38)33(36-31)27-17-9-23(3)10-18-27/h5-20,29-34,36-37H,1-4H3/t29?,30?,31-,32+,33+,34-. The summed E-state index contributed by atoms with van der Waals surface area (Å²) in [4.78, 5) is 14.7. The topological polar surface area (TPSA) is 41.1 Å². The molecule has 0 aromatic heterocycles. The number of aryl methyl sites for hydroxylation is 4. The van der Waals surface area contributed by atoms with Crippen LogP contribution in [0, 0.1) is 39.5 Å². The number of fused-ring (bicyclic) bond motifs is 2. The van der Waals surface area contributed by atoms with Gasteiger partial charge in [-0.25, -0.2) is 0 Å². The summed E-state index contributed by atoms with van der Waals surface area (Å²) in [5.74, 6) is -0.0857. The Morgan fingerprint density at radius 2 is 0.605 bits per heavy atom. The van der Waals surface area contributed by atoms with Crippen LogP contribution >= 0.6 is 0 Å². The van der Waals surface area contributed by atoms with Crippen molar-refractivity contribution >= 4 is 5.78 Å². The number of Topliss-reactive ketones (excluding diaryl/α,β-unsaturated/α-hetero) is 1. The van der Waals surface area contributed by atoms with Crippen molar-refractivity contribution < 1.29 is 4.79 Å². The van der Waals surface area contributed by atoms with Gasteiger partial charge in [-0.1, -0.05) is 119 Å². The van der Waals surface area contributed by atoms with Gasteiger partial charge < -0.3 is 10.6 Å². The first kappa shape index (κ1) is 24.8. The highest BCUT2D eigenvalue weighted by atomic mass is 16.1. The number of carbonyl (C=O) groups excluding carboxylic acids is 1. The van der Waals surface area contributed by atoms with Gasteiger partial charge >= 0.3 is 0 Å². The van der Waals surface area contributed by atoms with E-state index in [9.17, 15) is 4.79 Å². The maximum atomic E-state index is 14.7. The molecule has 2 aliphatic heterocycles. The van der Waals surface area contributed by atoms with Gasteiger partial charge in [-0.05, 0) is 49.9 Å². The minimum absolute atomic E-state index is 0.0941. The van der Waals surface area contributed by atoms with Crippen molar-refractivity contribution in [2.45, 2.75) is 51.9 Å². The maximum absolute atomic E-state index is 14.7. The largest absolute Gasteiger partial charge is 0.302 e. The average molecular weight is 501 g/mol. The second-order valence-electron chi connectivity index (χ2n) is 11.3. The molecule has 2 unspecified atom stereocenters. The molecular weight excluding hydrogens is 464 g/mol. The summed E-state index contributed by atoms with van der Waals surface area (Å²) in [6.07, 6.45) is 0. The van der Waals surface area contributed by atoms with Gasteiger partial charge in [0.2, 0.25) is 0 Å². The maximum Gasteiger partial charge on any atom is 0.146 e. The molecule has 6 rings (SSSR count). The van der Waals surface area contributed by atoms with E-state index in [4.69, 9.17) is 0 Å². The Kier molecular flexibility index (Phi) is 6.51. The summed E-state index contributed by atoms with van der Waals surface area (Å²) in [5, 5.41) is 8.04. The lowest BCUT2D eigenvalue weighted by Crippen LogP contribution is -2.60. The van der Waals surface area contributed by atoms with E-state index in [1.54, 1.807) is 0 Å². The molecule has 0 radical (unpaired) electrons. The number of benzene rings is 4. The molecule has 2 bridgehead atoms. The van der Waals surface area contributed by atoms with Crippen LogP contribution in [-0.4, -0.2) is 5.78 Å². The van der Waals surface area contributed by atoms with Crippen LogP contribution in [0.15, 0.2) is 97.1 Å². The number of nitrogens with one attached hydrogen (secondary N) is 2. The molecule has 3 nitrogen and oxygen atoms in total. The second-order valence-corrected chi connectivity index (χ2v) is 11.3. The fourth-order valence-corrected chi connectivity index (χ4v) is 6.38. The number of carbonyl (C=O) groups is 1. The van der Waals surface area contributed by atoms with Crippen LogP contribution in [-0.2, 0) is 4.79 Å². The fraction of sp³-hybridized carbons (Fsp3) is 0.286. The molecule has 4 aromatic carbocycles. The zero-order valence-electron chi connectivity index (χ0n) is 22.6. The summed E-state index contributed by atoms with van der Waals surface area (Å²) in [6, 6.07) is 34.3. The van der Waals surface area contributed by atoms with Crippen molar-refractivity contribution in [3.63, 3.8) is 0 Å². The Morgan fingerprint density at radius 1 is 0.395 bits per heavy atom. The predicted octanol–water partition coefficient (Wildman–Crippen LogP) is 7.19. The van der Waals surface area contributed by atoms with Crippen LogP contribution in [0.3, 0.4) is 0 Å². The molecule has 2 heterocycles. The van der Waals surface area contributed by atoms with Crippen molar-refractivity contribution in [2.75, 3.05) is 0 Å². The van der Waals surface area contributed by atoms with Crippen molar-refractivity contribution in [2.24, 2.45) is 11.8 Å². The molecule has 0 spiro atoms. The van der Waals surface area contributed by atoms with Gasteiger partial charge in [0, 0.05) is 24.2 Å². The van der Waals surface area contributed by atoms with Crippen LogP contribution in [0.5, 0.6) is 0 Å². The van der Waals surface area contributed by atoms with Crippen LogP contribution in [0.1, 0.15) is 68.7 Å². The monoisotopic (exact) mass is 500 g/mol. The van der Waals surface area contributed by atoms with E-state index in [-0.39, 0.29) is 36.0 Å². The predicted molar refractivity (Wildman–Crippen MR) is 154 cm³/mol. The van der Waals surface area contributed by atoms with Crippen LogP contribution in [0.2, 0.25) is 0 Å². The number of hydrogen-bond acceptors (Lipinski definition) is 3. The third kappa shape index (κ3) is 4.51. The van der Waals surface area contributed by atoms with E-state index in [2.05, 4.69) is 135 Å². The van der Waals surface area contributed by atoms with Gasteiger partial charge in [-0.3, -0.25) is 4.79 Å². The molecule has 38 heavy (non-hydrogen) atoms. The Bertz CT molecular complexity index is 1210. The summed E-state index contributed by atoms with van der Waals surface area (Å²) >= 11 is 0. The minimum Gasteiger partial charge on any atom is -0.302 e.